The third-order valence-electron chi connectivity index (χ3n) is 3.26. The van der Waals surface area contributed by atoms with Gasteiger partial charge in [-0.3, -0.25) is 4.79 Å². The second-order valence-corrected chi connectivity index (χ2v) is 4.85. The molecule has 1 aromatic carbocycles. The van der Waals surface area contributed by atoms with Crippen LogP contribution in [0.4, 0.5) is 0 Å². The van der Waals surface area contributed by atoms with Gasteiger partial charge in [0.2, 0.25) is 6.29 Å². The molecule has 21 heavy (non-hydrogen) atoms. The molecule has 5 atom stereocenters. The van der Waals surface area contributed by atoms with Gasteiger partial charge in [0, 0.05) is 0 Å². The molecule has 1 aromatic rings. The van der Waals surface area contributed by atoms with Crippen LogP contribution in [0.3, 0.4) is 0 Å². The summed E-state index contributed by atoms with van der Waals surface area (Å²) in [7, 11) is 0. The van der Waals surface area contributed by atoms with E-state index >= 15 is 0 Å². The first-order chi connectivity index (χ1) is 10.0. The molecule has 1 aliphatic rings. The van der Waals surface area contributed by atoms with Gasteiger partial charge < -0.3 is 29.9 Å². The standard InChI is InChI=1S/C14H18O7/c15-7-9(16)13-11(18)12(19)14(21-13)20-10(17)6-8-4-2-1-3-5-8/h1-5,9,11-16,18-19H,6-7H2/t9-,11-,12-,13-,14?/m1/s1. The van der Waals surface area contributed by atoms with Crippen molar-refractivity contribution in [2.45, 2.75) is 37.1 Å². The van der Waals surface area contributed by atoms with Gasteiger partial charge >= 0.3 is 5.97 Å². The first kappa shape index (κ1) is 15.9. The first-order valence-corrected chi connectivity index (χ1v) is 6.57. The number of esters is 1. The van der Waals surface area contributed by atoms with Crippen LogP contribution in [0, 0.1) is 0 Å². The summed E-state index contributed by atoms with van der Waals surface area (Å²) in [5.74, 6) is -0.628. The van der Waals surface area contributed by atoms with E-state index in [0.717, 1.165) is 5.56 Å². The summed E-state index contributed by atoms with van der Waals surface area (Å²) in [6, 6.07) is 8.87. The Morgan fingerprint density at radius 1 is 1.24 bits per heavy atom. The summed E-state index contributed by atoms with van der Waals surface area (Å²) < 4.78 is 10.1. The number of aliphatic hydroxyl groups is 4. The summed E-state index contributed by atoms with van der Waals surface area (Å²) in [6.07, 6.45) is -6.87. The van der Waals surface area contributed by atoms with E-state index in [2.05, 4.69) is 0 Å². The van der Waals surface area contributed by atoms with Crippen LogP contribution in [0.15, 0.2) is 30.3 Å². The first-order valence-electron chi connectivity index (χ1n) is 6.57. The molecular formula is C14H18O7. The van der Waals surface area contributed by atoms with Crippen LogP contribution in [-0.4, -0.2) is 63.7 Å². The smallest absolute Gasteiger partial charge is 0.312 e. The van der Waals surface area contributed by atoms with E-state index in [0.29, 0.717) is 0 Å². The maximum Gasteiger partial charge on any atom is 0.312 e. The monoisotopic (exact) mass is 298 g/mol. The van der Waals surface area contributed by atoms with Crippen LogP contribution in [0.2, 0.25) is 0 Å². The molecule has 1 fully saturated rings. The average molecular weight is 298 g/mol. The Bertz CT molecular complexity index is 464. The molecule has 4 N–H and O–H groups in total. The highest BCUT2D eigenvalue weighted by Crippen LogP contribution is 2.25. The zero-order valence-electron chi connectivity index (χ0n) is 11.2. The normalized spacial score (nSPS) is 30.1. The minimum absolute atomic E-state index is 0.00324. The quantitative estimate of drug-likeness (QED) is 0.493. The molecule has 7 nitrogen and oxygen atoms in total. The summed E-state index contributed by atoms with van der Waals surface area (Å²) >= 11 is 0. The third-order valence-corrected chi connectivity index (χ3v) is 3.26. The summed E-state index contributed by atoms with van der Waals surface area (Å²) in [5, 5.41) is 37.7. The van der Waals surface area contributed by atoms with E-state index in [1.807, 2.05) is 6.07 Å². The maximum atomic E-state index is 11.8. The Hall–Kier alpha value is -1.51. The second-order valence-electron chi connectivity index (χ2n) is 4.85. The van der Waals surface area contributed by atoms with E-state index in [1.165, 1.54) is 0 Å². The Labute approximate surface area is 121 Å². The number of ether oxygens (including phenoxy) is 2. The van der Waals surface area contributed by atoms with Gasteiger partial charge in [-0.25, -0.2) is 0 Å². The zero-order chi connectivity index (χ0) is 15.4. The Morgan fingerprint density at radius 2 is 1.90 bits per heavy atom. The molecule has 1 aliphatic heterocycles. The molecule has 0 radical (unpaired) electrons. The number of aliphatic hydroxyl groups excluding tert-OH is 4. The third kappa shape index (κ3) is 3.78. The van der Waals surface area contributed by atoms with Crippen LogP contribution in [-0.2, 0) is 20.7 Å². The van der Waals surface area contributed by atoms with Crippen molar-refractivity contribution in [2.24, 2.45) is 0 Å². The number of carbonyl (C=O) groups excluding carboxylic acids is 1. The van der Waals surface area contributed by atoms with Crippen LogP contribution in [0.1, 0.15) is 5.56 Å². The molecule has 116 valence electrons. The second kappa shape index (κ2) is 6.97. The molecule has 1 saturated heterocycles. The maximum absolute atomic E-state index is 11.8. The summed E-state index contributed by atoms with van der Waals surface area (Å²) in [4.78, 5) is 11.8. The van der Waals surface area contributed by atoms with Crippen molar-refractivity contribution in [3.8, 4) is 0 Å². The predicted molar refractivity (Wildman–Crippen MR) is 70.0 cm³/mol. The van der Waals surface area contributed by atoms with Gasteiger partial charge in [-0.2, -0.15) is 0 Å². The van der Waals surface area contributed by atoms with Gasteiger partial charge in [0.05, 0.1) is 13.0 Å². The van der Waals surface area contributed by atoms with Crippen LogP contribution in [0.5, 0.6) is 0 Å². The molecular weight excluding hydrogens is 280 g/mol. The van der Waals surface area contributed by atoms with E-state index in [4.69, 9.17) is 14.6 Å². The largest absolute Gasteiger partial charge is 0.432 e. The minimum atomic E-state index is -1.48. The number of benzene rings is 1. The Kier molecular flexibility index (Phi) is 5.27. The average Bonchev–Trinajstić information content (AvgIpc) is 2.76. The lowest BCUT2D eigenvalue weighted by Crippen LogP contribution is -2.40. The Morgan fingerprint density at radius 3 is 2.52 bits per heavy atom. The topological polar surface area (TPSA) is 116 Å². The molecule has 0 spiro atoms. The van der Waals surface area contributed by atoms with Crippen molar-refractivity contribution in [3.05, 3.63) is 35.9 Å². The summed E-state index contributed by atoms with van der Waals surface area (Å²) in [6.45, 7) is -0.640. The van der Waals surface area contributed by atoms with Crippen LogP contribution >= 0.6 is 0 Å². The molecule has 0 aliphatic carbocycles. The van der Waals surface area contributed by atoms with E-state index in [1.54, 1.807) is 24.3 Å². The fourth-order valence-electron chi connectivity index (χ4n) is 2.12. The molecule has 0 bridgehead atoms. The van der Waals surface area contributed by atoms with Crippen molar-refractivity contribution >= 4 is 5.97 Å². The number of carbonyl (C=O) groups is 1. The Balaban J connectivity index is 1.92. The molecule has 2 rings (SSSR count). The number of hydrogen-bond acceptors (Lipinski definition) is 7. The SMILES string of the molecule is O=C(Cc1ccccc1)OC1O[C@H]([C@H](O)CO)[C@H](O)[C@H]1O. The van der Waals surface area contributed by atoms with Crippen molar-refractivity contribution < 1.29 is 34.7 Å². The van der Waals surface area contributed by atoms with Gasteiger partial charge in [-0.1, -0.05) is 30.3 Å². The lowest BCUT2D eigenvalue weighted by molar-refractivity contribution is -0.194. The van der Waals surface area contributed by atoms with Crippen LogP contribution in [0.25, 0.3) is 0 Å². The molecule has 0 saturated carbocycles. The van der Waals surface area contributed by atoms with Crippen molar-refractivity contribution in [3.63, 3.8) is 0 Å². The lowest BCUT2D eigenvalue weighted by Gasteiger charge is -2.18. The highest BCUT2D eigenvalue weighted by molar-refractivity contribution is 5.72. The fraction of sp³-hybridized carbons (Fsp3) is 0.500. The highest BCUT2D eigenvalue weighted by atomic mass is 16.7. The van der Waals surface area contributed by atoms with E-state index in [9.17, 15) is 20.1 Å². The van der Waals surface area contributed by atoms with Gasteiger partial charge in [0.25, 0.3) is 0 Å². The number of rotatable bonds is 5. The lowest BCUT2D eigenvalue weighted by atomic mass is 10.1. The zero-order valence-corrected chi connectivity index (χ0v) is 11.2. The van der Waals surface area contributed by atoms with Crippen LogP contribution < -0.4 is 0 Å². The molecule has 0 aromatic heterocycles. The van der Waals surface area contributed by atoms with Gasteiger partial charge in [0.15, 0.2) is 0 Å². The van der Waals surface area contributed by atoms with Gasteiger partial charge in [-0.05, 0) is 5.56 Å². The highest BCUT2D eigenvalue weighted by Gasteiger charge is 2.47. The van der Waals surface area contributed by atoms with Crippen molar-refractivity contribution in [1.82, 2.24) is 0 Å². The van der Waals surface area contributed by atoms with Gasteiger partial charge in [-0.15, -0.1) is 0 Å². The van der Waals surface area contributed by atoms with Crippen molar-refractivity contribution in [2.75, 3.05) is 6.61 Å². The fourth-order valence-corrected chi connectivity index (χ4v) is 2.12. The van der Waals surface area contributed by atoms with E-state index in [-0.39, 0.29) is 6.42 Å². The summed E-state index contributed by atoms with van der Waals surface area (Å²) in [5.41, 5.74) is 0.738. The van der Waals surface area contributed by atoms with Gasteiger partial charge in [0.1, 0.15) is 24.4 Å². The number of hydrogen-bond donors (Lipinski definition) is 4. The predicted octanol–water partition coefficient (Wildman–Crippen LogP) is -1.43. The van der Waals surface area contributed by atoms with Crippen molar-refractivity contribution in [1.29, 1.82) is 0 Å². The molecule has 1 heterocycles. The molecule has 1 unspecified atom stereocenters. The minimum Gasteiger partial charge on any atom is -0.432 e. The molecule has 7 heteroatoms. The molecule has 0 amide bonds. The van der Waals surface area contributed by atoms with E-state index < -0.39 is 43.3 Å².